The number of amides is 1. The van der Waals surface area contributed by atoms with Crippen LogP contribution >= 0.6 is 11.3 Å². The molecule has 0 aliphatic carbocycles. The molecule has 0 unspecified atom stereocenters. The molecule has 0 fully saturated rings. The van der Waals surface area contributed by atoms with Crippen LogP contribution in [0.25, 0.3) is 5.69 Å². The molecule has 0 aliphatic heterocycles. The molecule has 6 heteroatoms. The Labute approximate surface area is 180 Å². The Hall–Kier alpha value is -3.22. The molecule has 2 aromatic heterocycles. The van der Waals surface area contributed by atoms with E-state index >= 15 is 0 Å². The monoisotopic (exact) mass is 417 g/mol. The number of thiophene rings is 1. The number of hydrogen-bond acceptors (Lipinski definition) is 3. The van der Waals surface area contributed by atoms with Gasteiger partial charge >= 0.3 is 0 Å². The van der Waals surface area contributed by atoms with Gasteiger partial charge in [-0.1, -0.05) is 54.6 Å². The van der Waals surface area contributed by atoms with Gasteiger partial charge in [0.2, 0.25) is 0 Å². The number of benzene rings is 2. The van der Waals surface area contributed by atoms with Crippen LogP contribution in [0, 0.1) is 13.8 Å². The second-order valence-corrected chi connectivity index (χ2v) is 8.16. The standard InChI is InChI=1S/C24H24N4OS/c1-17-23(18(2)28(27-17)20-12-7-4-8-13-20)26-22(29)16-25-24(21-14-9-15-30-21)19-10-5-3-6-11-19/h3-15,24-25H,16H2,1-2H3,(H,26,29)/p+1/t24-/m0/s1. The summed E-state index contributed by atoms with van der Waals surface area (Å²) in [6.07, 6.45) is 0. The maximum atomic E-state index is 12.8. The first-order valence-electron chi connectivity index (χ1n) is 9.96. The van der Waals surface area contributed by atoms with Crippen molar-refractivity contribution in [2.24, 2.45) is 0 Å². The number of nitrogens with one attached hydrogen (secondary N) is 1. The van der Waals surface area contributed by atoms with E-state index in [1.807, 2.05) is 67.1 Å². The largest absolute Gasteiger partial charge is 0.328 e. The number of aryl methyl sites for hydroxylation is 1. The lowest BCUT2D eigenvalue weighted by atomic mass is 10.1. The van der Waals surface area contributed by atoms with E-state index in [4.69, 9.17) is 0 Å². The molecule has 2 heterocycles. The van der Waals surface area contributed by atoms with E-state index in [2.05, 4.69) is 45.4 Å². The second-order valence-electron chi connectivity index (χ2n) is 7.18. The first-order chi connectivity index (χ1) is 14.6. The maximum absolute atomic E-state index is 12.8. The first-order valence-corrected chi connectivity index (χ1v) is 10.8. The Morgan fingerprint density at radius 3 is 2.40 bits per heavy atom. The number of quaternary nitrogens is 1. The molecule has 4 rings (SSSR count). The van der Waals surface area contributed by atoms with Crippen molar-refractivity contribution in [2.45, 2.75) is 19.9 Å². The number of aromatic nitrogens is 2. The second kappa shape index (κ2) is 9.07. The highest BCUT2D eigenvalue weighted by Crippen LogP contribution is 2.24. The van der Waals surface area contributed by atoms with Crippen molar-refractivity contribution in [3.8, 4) is 5.69 Å². The molecule has 0 saturated heterocycles. The van der Waals surface area contributed by atoms with E-state index in [9.17, 15) is 4.79 Å². The maximum Gasteiger partial charge on any atom is 0.279 e. The molecule has 3 N–H and O–H groups in total. The Balaban J connectivity index is 1.48. The number of para-hydroxylation sites is 1. The van der Waals surface area contributed by atoms with Gasteiger partial charge in [-0.05, 0) is 37.4 Å². The Bertz CT molecular complexity index is 1110. The summed E-state index contributed by atoms with van der Waals surface area (Å²) in [4.78, 5) is 14.0. The van der Waals surface area contributed by atoms with Gasteiger partial charge in [-0.3, -0.25) is 4.79 Å². The van der Waals surface area contributed by atoms with Crippen molar-refractivity contribution in [3.05, 3.63) is 100 Å². The third kappa shape index (κ3) is 4.35. The van der Waals surface area contributed by atoms with Crippen molar-refractivity contribution in [1.29, 1.82) is 0 Å². The molecule has 0 bridgehead atoms. The summed E-state index contributed by atoms with van der Waals surface area (Å²) >= 11 is 1.71. The van der Waals surface area contributed by atoms with Crippen LogP contribution < -0.4 is 10.6 Å². The van der Waals surface area contributed by atoms with E-state index in [1.165, 1.54) is 10.4 Å². The summed E-state index contributed by atoms with van der Waals surface area (Å²) < 4.78 is 1.87. The molecule has 152 valence electrons. The lowest BCUT2D eigenvalue weighted by Gasteiger charge is -2.15. The summed E-state index contributed by atoms with van der Waals surface area (Å²) in [6.45, 7) is 4.22. The normalized spacial score (nSPS) is 11.9. The fraction of sp³-hybridized carbons (Fsp3) is 0.167. The van der Waals surface area contributed by atoms with Crippen LogP contribution in [-0.4, -0.2) is 22.2 Å². The van der Waals surface area contributed by atoms with Gasteiger partial charge in [0, 0.05) is 5.56 Å². The predicted octanol–water partition coefficient (Wildman–Crippen LogP) is 3.84. The van der Waals surface area contributed by atoms with E-state index in [0.29, 0.717) is 6.54 Å². The average molecular weight is 418 g/mol. The van der Waals surface area contributed by atoms with Crippen LogP contribution in [0.1, 0.15) is 27.9 Å². The van der Waals surface area contributed by atoms with Crippen molar-refractivity contribution in [3.63, 3.8) is 0 Å². The van der Waals surface area contributed by atoms with Crippen LogP contribution in [0.3, 0.4) is 0 Å². The topological polar surface area (TPSA) is 63.5 Å². The van der Waals surface area contributed by atoms with Crippen LogP contribution in [0.4, 0.5) is 5.69 Å². The summed E-state index contributed by atoms with van der Waals surface area (Å²) in [7, 11) is 0. The van der Waals surface area contributed by atoms with Crippen molar-refractivity contribution < 1.29 is 10.1 Å². The number of carbonyl (C=O) groups is 1. The number of nitrogens with zero attached hydrogens (tertiary/aromatic N) is 2. The molecule has 30 heavy (non-hydrogen) atoms. The fourth-order valence-corrected chi connectivity index (χ4v) is 4.45. The van der Waals surface area contributed by atoms with Gasteiger partial charge in [-0.2, -0.15) is 5.10 Å². The average Bonchev–Trinajstić information content (AvgIpc) is 3.40. The fourth-order valence-electron chi connectivity index (χ4n) is 3.60. The SMILES string of the molecule is Cc1nn(-c2ccccc2)c(C)c1NC(=O)C[NH2+][C@@H](c1ccccc1)c1cccs1. The van der Waals surface area contributed by atoms with Gasteiger partial charge < -0.3 is 10.6 Å². The summed E-state index contributed by atoms with van der Waals surface area (Å²) in [5.74, 6) is -0.0358. The quantitative estimate of drug-likeness (QED) is 0.480. The van der Waals surface area contributed by atoms with Crippen molar-refractivity contribution >= 4 is 22.9 Å². The Morgan fingerprint density at radius 2 is 1.73 bits per heavy atom. The van der Waals surface area contributed by atoms with E-state index in [-0.39, 0.29) is 11.9 Å². The Morgan fingerprint density at radius 1 is 1.03 bits per heavy atom. The zero-order valence-corrected chi connectivity index (χ0v) is 17.9. The predicted molar refractivity (Wildman–Crippen MR) is 121 cm³/mol. The highest BCUT2D eigenvalue weighted by molar-refractivity contribution is 7.10. The molecule has 0 spiro atoms. The third-order valence-corrected chi connectivity index (χ3v) is 6.06. The number of carbonyl (C=O) groups excluding carboxylic acids is 1. The minimum absolute atomic E-state index is 0.0358. The Kier molecular flexibility index (Phi) is 6.07. The molecule has 2 aromatic carbocycles. The molecule has 4 aromatic rings. The lowest BCUT2D eigenvalue weighted by molar-refractivity contribution is -0.675. The van der Waals surface area contributed by atoms with Gasteiger partial charge in [0.05, 0.1) is 27.6 Å². The zero-order chi connectivity index (χ0) is 20.9. The molecular formula is C24H25N4OS+. The third-order valence-electron chi connectivity index (χ3n) is 5.10. The summed E-state index contributed by atoms with van der Waals surface area (Å²) in [5.41, 5.74) is 4.68. The first kappa shape index (κ1) is 20.1. The van der Waals surface area contributed by atoms with Gasteiger partial charge in [0.15, 0.2) is 6.54 Å². The highest BCUT2D eigenvalue weighted by Gasteiger charge is 2.21. The van der Waals surface area contributed by atoms with Crippen LogP contribution in [0.15, 0.2) is 78.2 Å². The minimum Gasteiger partial charge on any atom is -0.328 e. The zero-order valence-electron chi connectivity index (χ0n) is 17.1. The number of rotatable bonds is 7. The molecular weight excluding hydrogens is 392 g/mol. The number of nitrogens with two attached hydrogens (primary N) is 1. The molecule has 0 saturated carbocycles. The van der Waals surface area contributed by atoms with Crippen LogP contribution in [0.5, 0.6) is 0 Å². The summed E-state index contributed by atoms with van der Waals surface area (Å²) in [5, 5.41) is 11.8. The molecule has 5 nitrogen and oxygen atoms in total. The van der Waals surface area contributed by atoms with Crippen molar-refractivity contribution in [2.75, 3.05) is 11.9 Å². The van der Waals surface area contributed by atoms with E-state index in [1.54, 1.807) is 11.3 Å². The van der Waals surface area contributed by atoms with Gasteiger partial charge in [0.1, 0.15) is 6.04 Å². The lowest BCUT2D eigenvalue weighted by Crippen LogP contribution is -2.87. The minimum atomic E-state index is -0.0358. The molecule has 0 radical (unpaired) electrons. The van der Waals surface area contributed by atoms with Gasteiger partial charge in [-0.15, -0.1) is 11.3 Å². The van der Waals surface area contributed by atoms with Gasteiger partial charge in [0.25, 0.3) is 5.91 Å². The number of hydrogen-bond donors (Lipinski definition) is 2. The molecule has 0 aliphatic rings. The van der Waals surface area contributed by atoms with Crippen molar-refractivity contribution in [1.82, 2.24) is 9.78 Å². The van der Waals surface area contributed by atoms with E-state index in [0.717, 1.165) is 22.8 Å². The highest BCUT2D eigenvalue weighted by atomic mass is 32.1. The van der Waals surface area contributed by atoms with Crippen LogP contribution in [0.2, 0.25) is 0 Å². The summed E-state index contributed by atoms with van der Waals surface area (Å²) in [6, 6.07) is 24.5. The smallest absolute Gasteiger partial charge is 0.279 e. The van der Waals surface area contributed by atoms with Gasteiger partial charge in [-0.25, -0.2) is 4.68 Å². The van der Waals surface area contributed by atoms with Crippen LogP contribution in [-0.2, 0) is 4.79 Å². The van der Waals surface area contributed by atoms with E-state index < -0.39 is 0 Å². The number of anilines is 1. The molecule has 1 amide bonds. The molecule has 1 atom stereocenters.